The Morgan fingerprint density at radius 2 is 2.12 bits per heavy atom. The van der Waals surface area contributed by atoms with Crippen LogP contribution in [0.15, 0.2) is 12.7 Å². The van der Waals surface area contributed by atoms with Crippen molar-refractivity contribution in [2.75, 3.05) is 13.2 Å². The molecule has 0 heterocycles. The second-order valence-electron chi connectivity index (χ2n) is 3.09. The van der Waals surface area contributed by atoms with Crippen LogP contribution in [-0.4, -0.2) is 27.7 Å². The third-order valence-electron chi connectivity index (χ3n) is 1.62. The van der Waals surface area contributed by atoms with E-state index < -0.39 is 16.3 Å². The van der Waals surface area contributed by atoms with Crippen LogP contribution in [0.1, 0.15) is 26.2 Å². The highest BCUT2D eigenvalue weighted by Crippen LogP contribution is 1.92. The Kier molecular flexibility index (Phi) is 7.57. The molecule has 7 heteroatoms. The summed E-state index contributed by atoms with van der Waals surface area (Å²) >= 11 is 0. The van der Waals surface area contributed by atoms with Gasteiger partial charge in [0, 0.05) is 6.54 Å². The molecule has 0 atom stereocenters. The molecule has 6 nitrogen and oxygen atoms in total. The fourth-order valence-corrected chi connectivity index (χ4v) is 1.65. The van der Waals surface area contributed by atoms with Crippen LogP contribution in [-0.2, 0) is 14.9 Å². The van der Waals surface area contributed by atoms with Crippen molar-refractivity contribution in [1.29, 1.82) is 0 Å². The highest BCUT2D eigenvalue weighted by Gasteiger charge is 2.13. The molecule has 0 bridgehead atoms. The van der Waals surface area contributed by atoms with E-state index in [0.29, 0.717) is 6.54 Å². The summed E-state index contributed by atoms with van der Waals surface area (Å²) in [5.74, 6) is 0. The van der Waals surface area contributed by atoms with Crippen LogP contribution >= 0.6 is 0 Å². The smallest absolute Gasteiger partial charge is 0.422 e. The number of ether oxygens (including phenoxy) is 1. The largest absolute Gasteiger partial charge is 0.445 e. The summed E-state index contributed by atoms with van der Waals surface area (Å²) in [7, 11) is -3.80. The van der Waals surface area contributed by atoms with Crippen LogP contribution < -0.4 is 9.44 Å². The van der Waals surface area contributed by atoms with Crippen LogP contribution in [0.2, 0.25) is 0 Å². The van der Waals surface area contributed by atoms with Gasteiger partial charge in [-0.2, -0.15) is 13.1 Å². The molecule has 0 unspecified atom stereocenters. The van der Waals surface area contributed by atoms with Crippen LogP contribution in [0.25, 0.3) is 0 Å². The van der Waals surface area contributed by atoms with Gasteiger partial charge >= 0.3 is 16.3 Å². The molecule has 0 rings (SSSR count). The second kappa shape index (κ2) is 8.12. The Morgan fingerprint density at radius 1 is 1.44 bits per heavy atom. The van der Waals surface area contributed by atoms with E-state index in [1.165, 1.54) is 6.08 Å². The van der Waals surface area contributed by atoms with Crippen LogP contribution in [0.5, 0.6) is 0 Å². The zero-order valence-electron chi connectivity index (χ0n) is 9.36. The van der Waals surface area contributed by atoms with Crippen molar-refractivity contribution >= 4 is 16.3 Å². The van der Waals surface area contributed by atoms with Gasteiger partial charge in [0.2, 0.25) is 0 Å². The molecule has 0 radical (unpaired) electrons. The van der Waals surface area contributed by atoms with E-state index in [4.69, 9.17) is 0 Å². The number of amides is 1. The number of carbonyl (C=O) groups is 1. The number of nitrogens with one attached hydrogen (secondary N) is 2. The van der Waals surface area contributed by atoms with Gasteiger partial charge in [-0.3, -0.25) is 0 Å². The van der Waals surface area contributed by atoms with Crippen molar-refractivity contribution < 1.29 is 17.9 Å². The Balaban J connectivity index is 3.85. The number of carbonyl (C=O) groups excluding carboxylic acids is 1. The lowest BCUT2D eigenvalue weighted by Crippen LogP contribution is -2.40. The molecule has 0 aromatic heterocycles. The molecular formula is C9H18N2O4S. The molecule has 16 heavy (non-hydrogen) atoms. The van der Waals surface area contributed by atoms with E-state index in [1.54, 1.807) is 4.72 Å². The van der Waals surface area contributed by atoms with E-state index in [1.807, 2.05) is 6.92 Å². The van der Waals surface area contributed by atoms with E-state index in [0.717, 1.165) is 19.3 Å². The van der Waals surface area contributed by atoms with Crippen LogP contribution in [0.3, 0.4) is 0 Å². The molecule has 0 aliphatic rings. The molecule has 2 N–H and O–H groups in total. The average Bonchev–Trinajstić information content (AvgIpc) is 2.21. The topological polar surface area (TPSA) is 84.5 Å². The number of rotatable bonds is 8. The second-order valence-corrected chi connectivity index (χ2v) is 4.59. The highest BCUT2D eigenvalue weighted by atomic mass is 32.2. The van der Waals surface area contributed by atoms with E-state index in [9.17, 15) is 13.2 Å². The molecule has 0 spiro atoms. The zero-order chi connectivity index (χ0) is 12.4. The first-order valence-corrected chi connectivity index (χ1v) is 6.55. The fourth-order valence-electron chi connectivity index (χ4n) is 0.891. The lowest BCUT2D eigenvalue weighted by atomic mass is 10.3. The average molecular weight is 250 g/mol. The molecule has 0 fully saturated rings. The van der Waals surface area contributed by atoms with Crippen molar-refractivity contribution in [3.8, 4) is 0 Å². The Labute approximate surface area is 96.2 Å². The maximum Gasteiger partial charge on any atom is 0.422 e. The highest BCUT2D eigenvalue weighted by molar-refractivity contribution is 7.88. The maximum absolute atomic E-state index is 11.2. The lowest BCUT2D eigenvalue weighted by molar-refractivity contribution is 0.165. The van der Waals surface area contributed by atoms with Crippen molar-refractivity contribution in [3.05, 3.63) is 12.7 Å². The summed E-state index contributed by atoms with van der Waals surface area (Å²) in [6, 6.07) is 0. The monoisotopic (exact) mass is 250 g/mol. The van der Waals surface area contributed by atoms with Gasteiger partial charge in [0.1, 0.15) is 6.61 Å². The maximum atomic E-state index is 11.2. The molecule has 94 valence electrons. The van der Waals surface area contributed by atoms with Crippen LogP contribution in [0, 0.1) is 0 Å². The summed E-state index contributed by atoms with van der Waals surface area (Å²) in [4.78, 5) is 10.9. The van der Waals surface area contributed by atoms with Crippen molar-refractivity contribution in [1.82, 2.24) is 9.44 Å². The SMILES string of the molecule is C=CCOC(=O)NS(=O)(=O)NCCCCC. The molecule has 0 aromatic carbocycles. The first kappa shape index (κ1) is 14.9. The first-order valence-electron chi connectivity index (χ1n) is 5.07. The Hall–Kier alpha value is -1.08. The zero-order valence-corrected chi connectivity index (χ0v) is 10.2. The van der Waals surface area contributed by atoms with E-state index >= 15 is 0 Å². The van der Waals surface area contributed by atoms with Gasteiger partial charge in [0.15, 0.2) is 0 Å². The molecule has 0 aliphatic carbocycles. The molecular weight excluding hydrogens is 232 g/mol. The van der Waals surface area contributed by atoms with Gasteiger partial charge in [0.05, 0.1) is 0 Å². The molecule has 0 saturated heterocycles. The summed E-state index contributed by atoms with van der Waals surface area (Å²) in [5.41, 5.74) is 0. The normalized spacial score (nSPS) is 10.8. The predicted octanol–water partition coefficient (Wildman–Crippen LogP) is 0.923. The van der Waals surface area contributed by atoms with Crippen molar-refractivity contribution in [2.45, 2.75) is 26.2 Å². The van der Waals surface area contributed by atoms with Crippen molar-refractivity contribution in [3.63, 3.8) is 0 Å². The molecule has 1 amide bonds. The number of hydrogen-bond acceptors (Lipinski definition) is 4. The minimum absolute atomic E-state index is 0.0306. The summed E-state index contributed by atoms with van der Waals surface area (Å²) in [6.45, 7) is 5.62. The number of unbranched alkanes of at least 4 members (excludes halogenated alkanes) is 2. The van der Waals surface area contributed by atoms with E-state index in [-0.39, 0.29) is 6.61 Å². The van der Waals surface area contributed by atoms with Gasteiger partial charge in [0.25, 0.3) is 0 Å². The summed E-state index contributed by atoms with van der Waals surface area (Å²) in [6.07, 6.45) is 3.00. The molecule has 0 saturated carbocycles. The third-order valence-corrected chi connectivity index (χ3v) is 2.64. The third kappa shape index (κ3) is 8.25. The lowest BCUT2D eigenvalue weighted by Gasteiger charge is -2.07. The fraction of sp³-hybridized carbons (Fsp3) is 0.667. The van der Waals surface area contributed by atoms with Gasteiger partial charge in [-0.25, -0.2) is 9.52 Å². The predicted molar refractivity (Wildman–Crippen MR) is 61.1 cm³/mol. The Morgan fingerprint density at radius 3 is 2.69 bits per heavy atom. The van der Waals surface area contributed by atoms with E-state index in [2.05, 4.69) is 16.0 Å². The molecule has 0 aromatic rings. The van der Waals surface area contributed by atoms with Gasteiger partial charge < -0.3 is 4.74 Å². The number of hydrogen-bond donors (Lipinski definition) is 2. The summed E-state index contributed by atoms with van der Waals surface area (Å²) < 4.78 is 30.9. The standard InChI is InChI=1S/C9H18N2O4S/c1-3-5-6-7-10-16(13,14)11-9(12)15-8-4-2/h4,10H,2-3,5-8H2,1H3,(H,11,12). The first-order chi connectivity index (χ1) is 7.52. The van der Waals surface area contributed by atoms with Crippen molar-refractivity contribution in [2.24, 2.45) is 0 Å². The van der Waals surface area contributed by atoms with Gasteiger partial charge in [-0.15, -0.1) is 0 Å². The minimum atomic E-state index is -3.80. The quantitative estimate of drug-likeness (QED) is 0.495. The summed E-state index contributed by atoms with van der Waals surface area (Å²) in [5, 5.41) is 0. The minimum Gasteiger partial charge on any atom is -0.445 e. The van der Waals surface area contributed by atoms with Crippen LogP contribution in [0.4, 0.5) is 4.79 Å². The Bertz CT molecular complexity index is 313. The van der Waals surface area contributed by atoms with Gasteiger partial charge in [-0.1, -0.05) is 32.4 Å². The molecule has 0 aliphatic heterocycles. The van der Waals surface area contributed by atoms with Gasteiger partial charge in [-0.05, 0) is 6.42 Å².